The predicted octanol–water partition coefficient (Wildman–Crippen LogP) is 2.32. The van der Waals surface area contributed by atoms with E-state index in [2.05, 4.69) is 6.92 Å². The van der Waals surface area contributed by atoms with Crippen LogP contribution in [0.25, 0.3) is 6.08 Å². The number of thioether (sulfide) groups is 2. The van der Waals surface area contributed by atoms with E-state index >= 15 is 0 Å². The van der Waals surface area contributed by atoms with E-state index in [1.807, 2.05) is 30.5 Å². The fourth-order valence-electron chi connectivity index (χ4n) is 2.33. The van der Waals surface area contributed by atoms with E-state index in [1.165, 1.54) is 22.2 Å². The molecule has 0 spiro atoms. The Morgan fingerprint density at radius 1 is 1.42 bits per heavy atom. The van der Waals surface area contributed by atoms with Crippen LogP contribution in [0.2, 0.25) is 0 Å². The first-order valence-corrected chi connectivity index (χ1v) is 10.2. The Kier molecular flexibility index (Phi) is 6.89. The van der Waals surface area contributed by atoms with Crippen LogP contribution in [0.3, 0.4) is 0 Å². The highest BCUT2D eigenvalue weighted by Crippen LogP contribution is 2.34. The van der Waals surface area contributed by atoms with E-state index in [0.717, 1.165) is 23.7 Å². The number of aliphatic carboxylic acids is 1. The number of aryl methyl sites for hydroxylation is 1. The maximum Gasteiger partial charge on any atom is 0.266 e. The van der Waals surface area contributed by atoms with Gasteiger partial charge < -0.3 is 9.90 Å². The standard InChI is InChI=1S/C17H19NO3S3/c1-3-11-4-6-12(7-5-11)10-14-15(19)18(17(22)24-14)13(16(20)21)8-9-23-2/h4-7,10,13H,3,8-9H2,1-2H3,(H,20,21)/p-1/b14-10+/t13-/m1/s1. The number of nitrogens with zero attached hydrogens (tertiary/aromatic N) is 1. The van der Waals surface area contributed by atoms with Crippen molar-refractivity contribution in [1.82, 2.24) is 4.90 Å². The molecular weight excluding hydrogens is 362 g/mol. The molecule has 128 valence electrons. The largest absolute Gasteiger partial charge is 0.548 e. The number of carboxylic acid groups (broad SMARTS) is 1. The van der Waals surface area contributed by atoms with Gasteiger partial charge in [0.15, 0.2) is 0 Å². The second-order valence-electron chi connectivity index (χ2n) is 5.26. The molecule has 1 heterocycles. The van der Waals surface area contributed by atoms with Crippen LogP contribution in [-0.2, 0) is 16.0 Å². The van der Waals surface area contributed by atoms with Crippen molar-refractivity contribution in [2.24, 2.45) is 0 Å². The van der Waals surface area contributed by atoms with E-state index in [4.69, 9.17) is 12.2 Å². The molecule has 0 aromatic heterocycles. The SMILES string of the molecule is CCc1ccc(/C=C2/SC(=S)N([C@H](CCSC)C(=O)[O-])C2=O)cc1. The van der Waals surface area contributed by atoms with E-state index in [1.54, 1.807) is 6.08 Å². The van der Waals surface area contributed by atoms with Gasteiger partial charge in [0.2, 0.25) is 0 Å². The summed E-state index contributed by atoms with van der Waals surface area (Å²) in [7, 11) is 0. The van der Waals surface area contributed by atoms with Gasteiger partial charge in [0.1, 0.15) is 4.32 Å². The number of hydrogen-bond acceptors (Lipinski definition) is 6. The molecule has 4 nitrogen and oxygen atoms in total. The van der Waals surface area contributed by atoms with Crippen molar-refractivity contribution in [2.45, 2.75) is 25.8 Å². The zero-order valence-electron chi connectivity index (χ0n) is 13.5. The van der Waals surface area contributed by atoms with Crippen LogP contribution in [0.4, 0.5) is 0 Å². The Bertz CT molecular complexity index is 670. The van der Waals surface area contributed by atoms with Crippen LogP contribution in [0.1, 0.15) is 24.5 Å². The Hall–Kier alpha value is -1.31. The number of hydrogen-bond donors (Lipinski definition) is 0. The Balaban J connectivity index is 2.23. The lowest BCUT2D eigenvalue weighted by Crippen LogP contribution is -2.50. The number of carbonyl (C=O) groups is 2. The number of carboxylic acids is 1. The van der Waals surface area contributed by atoms with Gasteiger partial charge in [-0.05, 0) is 42.1 Å². The van der Waals surface area contributed by atoms with Gasteiger partial charge in [0.05, 0.1) is 16.9 Å². The number of carbonyl (C=O) groups excluding carboxylic acids is 2. The third-order valence-electron chi connectivity index (χ3n) is 3.69. The van der Waals surface area contributed by atoms with Gasteiger partial charge in [-0.3, -0.25) is 9.69 Å². The summed E-state index contributed by atoms with van der Waals surface area (Å²) >= 11 is 7.88. The zero-order valence-corrected chi connectivity index (χ0v) is 15.9. The molecule has 1 aliphatic rings. The van der Waals surface area contributed by atoms with Crippen molar-refractivity contribution in [1.29, 1.82) is 0 Å². The summed E-state index contributed by atoms with van der Waals surface area (Å²) in [6.07, 6.45) is 4.90. The van der Waals surface area contributed by atoms with Crippen molar-refractivity contribution in [3.05, 3.63) is 40.3 Å². The third-order valence-corrected chi connectivity index (χ3v) is 5.66. The van der Waals surface area contributed by atoms with Crippen LogP contribution < -0.4 is 5.11 Å². The highest BCUT2D eigenvalue weighted by molar-refractivity contribution is 8.26. The fourth-order valence-corrected chi connectivity index (χ4v) is 4.15. The third kappa shape index (κ3) is 4.40. The quantitative estimate of drug-likeness (QED) is 0.534. The van der Waals surface area contributed by atoms with Crippen LogP contribution in [-0.4, -0.2) is 39.1 Å². The summed E-state index contributed by atoms with van der Waals surface area (Å²) in [5.74, 6) is -1.01. The van der Waals surface area contributed by atoms with E-state index in [9.17, 15) is 14.7 Å². The Morgan fingerprint density at radius 2 is 2.08 bits per heavy atom. The Morgan fingerprint density at radius 3 is 2.62 bits per heavy atom. The number of benzene rings is 1. The molecule has 0 saturated carbocycles. The number of amides is 1. The van der Waals surface area contributed by atoms with Crippen molar-refractivity contribution in [3.8, 4) is 0 Å². The van der Waals surface area contributed by atoms with Crippen LogP contribution in [0, 0.1) is 0 Å². The molecule has 0 bridgehead atoms. The minimum Gasteiger partial charge on any atom is -0.548 e. The lowest BCUT2D eigenvalue weighted by Gasteiger charge is -2.27. The number of thiocarbonyl (C=S) groups is 1. The average molecular weight is 381 g/mol. The highest BCUT2D eigenvalue weighted by Gasteiger charge is 2.37. The van der Waals surface area contributed by atoms with Gasteiger partial charge >= 0.3 is 0 Å². The lowest BCUT2D eigenvalue weighted by molar-refractivity contribution is -0.310. The molecule has 1 amide bonds. The van der Waals surface area contributed by atoms with E-state index < -0.39 is 12.0 Å². The normalized spacial score (nSPS) is 17.6. The molecule has 0 radical (unpaired) electrons. The molecular formula is C17H18NO3S3-. The molecule has 24 heavy (non-hydrogen) atoms. The zero-order chi connectivity index (χ0) is 17.7. The predicted molar refractivity (Wildman–Crippen MR) is 103 cm³/mol. The van der Waals surface area contributed by atoms with E-state index in [0.29, 0.717) is 17.1 Å². The van der Waals surface area contributed by atoms with Gasteiger partial charge in [-0.15, -0.1) is 0 Å². The first-order chi connectivity index (χ1) is 11.5. The second kappa shape index (κ2) is 8.69. The minimum atomic E-state index is -1.27. The van der Waals surface area contributed by atoms with Crippen LogP contribution in [0.5, 0.6) is 0 Å². The first kappa shape index (κ1) is 19.0. The van der Waals surface area contributed by atoms with Crippen molar-refractivity contribution < 1.29 is 14.7 Å². The van der Waals surface area contributed by atoms with Crippen molar-refractivity contribution in [2.75, 3.05) is 12.0 Å². The summed E-state index contributed by atoms with van der Waals surface area (Å²) in [5.41, 5.74) is 2.11. The number of rotatable bonds is 7. The van der Waals surface area contributed by atoms with Gasteiger partial charge in [-0.2, -0.15) is 11.8 Å². The summed E-state index contributed by atoms with van der Waals surface area (Å²) in [4.78, 5) is 25.6. The second-order valence-corrected chi connectivity index (χ2v) is 7.92. The summed E-state index contributed by atoms with van der Waals surface area (Å²) < 4.78 is 0.270. The maximum absolute atomic E-state index is 12.6. The van der Waals surface area contributed by atoms with Gasteiger partial charge in [0, 0.05) is 0 Å². The lowest BCUT2D eigenvalue weighted by atomic mass is 10.1. The summed E-state index contributed by atoms with van der Waals surface area (Å²) in [5, 5.41) is 11.4. The van der Waals surface area contributed by atoms with E-state index in [-0.39, 0.29) is 10.2 Å². The molecule has 1 aromatic rings. The molecule has 0 unspecified atom stereocenters. The highest BCUT2D eigenvalue weighted by atomic mass is 32.2. The van der Waals surface area contributed by atoms with Crippen LogP contribution >= 0.6 is 35.7 Å². The first-order valence-electron chi connectivity index (χ1n) is 7.53. The molecule has 1 atom stereocenters. The molecule has 7 heteroatoms. The van der Waals surface area contributed by atoms with Crippen molar-refractivity contribution >= 4 is 58.0 Å². The monoisotopic (exact) mass is 380 g/mol. The maximum atomic E-state index is 12.6. The molecule has 0 aliphatic carbocycles. The topological polar surface area (TPSA) is 60.4 Å². The summed E-state index contributed by atoms with van der Waals surface area (Å²) in [6.45, 7) is 2.08. The van der Waals surface area contributed by atoms with Crippen molar-refractivity contribution in [3.63, 3.8) is 0 Å². The smallest absolute Gasteiger partial charge is 0.266 e. The Labute approximate surface area is 155 Å². The molecule has 1 aromatic carbocycles. The molecule has 2 rings (SSSR count). The molecule has 0 N–H and O–H groups in total. The van der Waals surface area contributed by atoms with Gasteiger partial charge in [-0.25, -0.2) is 0 Å². The molecule has 1 fully saturated rings. The van der Waals surface area contributed by atoms with Gasteiger partial charge in [0.25, 0.3) is 5.91 Å². The molecule has 1 aliphatic heterocycles. The van der Waals surface area contributed by atoms with Crippen LogP contribution in [0.15, 0.2) is 29.2 Å². The summed E-state index contributed by atoms with van der Waals surface area (Å²) in [6, 6.07) is 6.88. The average Bonchev–Trinajstić information content (AvgIpc) is 2.83. The minimum absolute atomic E-state index is 0.270. The fraction of sp³-hybridized carbons (Fsp3) is 0.353. The van der Waals surface area contributed by atoms with Gasteiger partial charge in [-0.1, -0.05) is 55.2 Å². The molecule has 1 saturated heterocycles.